The molecule has 2 N–H and O–H groups in total. The Labute approximate surface area is 174 Å². The van der Waals surface area contributed by atoms with Crippen LogP contribution in [-0.4, -0.2) is 36.2 Å². The van der Waals surface area contributed by atoms with Crippen LogP contribution in [-0.2, 0) is 11.3 Å². The molecule has 3 rings (SSSR count). The van der Waals surface area contributed by atoms with Crippen LogP contribution in [0.1, 0.15) is 55.5 Å². The summed E-state index contributed by atoms with van der Waals surface area (Å²) in [5.41, 5.74) is 3.13. The molecule has 1 atom stereocenters. The maximum absolute atomic E-state index is 12.5. The first-order chi connectivity index (χ1) is 14.0. The maximum Gasteiger partial charge on any atom is 0.223 e. The van der Waals surface area contributed by atoms with Gasteiger partial charge in [0.25, 0.3) is 0 Å². The van der Waals surface area contributed by atoms with Gasteiger partial charge in [-0.3, -0.25) is 9.59 Å². The molecule has 29 heavy (non-hydrogen) atoms. The molecule has 0 bridgehead atoms. The molecule has 0 saturated carbocycles. The number of benzene rings is 1. The number of nitrogens with zero attached hydrogens (tertiary/aromatic N) is 1. The summed E-state index contributed by atoms with van der Waals surface area (Å²) < 4.78 is 0. The lowest BCUT2D eigenvalue weighted by Crippen LogP contribution is -2.36. The Morgan fingerprint density at radius 3 is 2.62 bits per heavy atom. The van der Waals surface area contributed by atoms with Gasteiger partial charge in [-0.25, -0.2) is 0 Å². The van der Waals surface area contributed by atoms with Crippen LogP contribution in [0.3, 0.4) is 0 Å². The fourth-order valence-corrected chi connectivity index (χ4v) is 4.03. The Hall–Kier alpha value is -2.40. The van der Waals surface area contributed by atoms with Gasteiger partial charge in [0.15, 0.2) is 5.78 Å². The monoisotopic (exact) mass is 395 g/mol. The van der Waals surface area contributed by atoms with Crippen LogP contribution in [0.5, 0.6) is 0 Å². The highest BCUT2D eigenvalue weighted by Crippen LogP contribution is 2.21. The van der Waals surface area contributed by atoms with Crippen LogP contribution in [0.2, 0.25) is 0 Å². The topological polar surface area (TPSA) is 61.4 Å². The second-order valence-corrected chi connectivity index (χ2v) is 8.40. The van der Waals surface area contributed by atoms with Crippen molar-refractivity contribution in [3.05, 3.63) is 59.4 Å². The minimum Gasteiger partial charge on any atom is -0.350 e. The first-order valence-electron chi connectivity index (χ1n) is 10.7. The van der Waals surface area contributed by atoms with Gasteiger partial charge >= 0.3 is 0 Å². The Morgan fingerprint density at radius 1 is 1.21 bits per heavy atom. The van der Waals surface area contributed by atoms with Crippen molar-refractivity contribution in [3.8, 4) is 0 Å². The van der Waals surface area contributed by atoms with Crippen molar-refractivity contribution in [1.29, 1.82) is 0 Å². The third kappa shape index (κ3) is 6.57. The number of rotatable bonds is 8. The van der Waals surface area contributed by atoms with E-state index in [1.165, 1.54) is 5.57 Å². The normalized spacial score (nSPS) is 18.3. The fourth-order valence-electron chi connectivity index (χ4n) is 4.03. The molecule has 2 aliphatic heterocycles. The summed E-state index contributed by atoms with van der Waals surface area (Å²) in [5, 5.41) is 6.18. The van der Waals surface area contributed by atoms with Gasteiger partial charge in [0.05, 0.1) is 6.54 Å². The summed E-state index contributed by atoms with van der Waals surface area (Å²) in [6.45, 7) is 7.01. The van der Waals surface area contributed by atoms with Gasteiger partial charge in [0.1, 0.15) is 0 Å². The summed E-state index contributed by atoms with van der Waals surface area (Å²) in [4.78, 5) is 27.0. The highest BCUT2D eigenvalue weighted by Gasteiger charge is 2.21. The number of amides is 1. The molecule has 1 fully saturated rings. The van der Waals surface area contributed by atoms with E-state index in [1.54, 1.807) is 0 Å². The van der Waals surface area contributed by atoms with E-state index < -0.39 is 0 Å². The highest BCUT2D eigenvalue weighted by molar-refractivity contribution is 5.99. The van der Waals surface area contributed by atoms with Gasteiger partial charge in [0, 0.05) is 30.4 Å². The van der Waals surface area contributed by atoms with Crippen molar-refractivity contribution >= 4 is 11.7 Å². The molecule has 0 radical (unpaired) electrons. The molecule has 156 valence electrons. The number of allylic oxidation sites excluding steroid dienone is 2. The summed E-state index contributed by atoms with van der Waals surface area (Å²) in [6, 6.07) is 7.68. The quantitative estimate of drug-likeness (QED) is 0.660. The van der Waals surface area contributed by atoms with Gasteiger partial charge < -0.3 is 15.5 Å². The maximum atomic E-state index is 12.5. The zero-order valence-electron chi connectivity index (χ0n) is 17.6. The van der Waals surface area contributed by atoms with Crippen molar-refractivity contribution in [3.63, 3.8) is 0 Å². The van der Waals surface area contributed by atoms with E-state index in [0.717, 1.165) is 50.9 Å². The lowest BCUT2D eigenvalue weighted by Gasteiger charge is -2.24. The van der Waals surface area contributed by atoms with E-state index in [0.29, 0.717) is 11.5 Å². The molecule has 0 aliphatic carbocycles. The molecule has 5 heteroatoms. The predicted molar refractivity (Wildman–Crippen MR) is 116 cm³/mol. The van der Waals surface area contributed by atoms with Crippen LogP contribution in [0.15, 0.2) is 48.3 Å². The first-order valence-corrected chi connectivity index (χ1v) is 10.7. The Bertz CT molecular complexity index is 761. The lowest BCUT2D eigenvalue weighted by atomic mass is 9.88. The molecular formula is C24H33N3O2. The molecule has 2 heterocycles. The lowest BCUT2D eigenvalue weighted by molar-refractivity contribution is -0.124. The second-order valence-electron chi connectivity index (χ2n) is 8.40. The van der Waals surface area contributed by atoms with E-state index in [4.69, 9.17) is 0 Å². The number of hydrogen-bond acceptors (Lipinski definition) is 4. The molecule has 0 spiro atoms. The standard InChI is InChI=1S/C24H33N3O2/c1-18-4-3-13-27(16-18)17-21-5-7-22(8-6-21)23(28)15-26-24(29)19(2)14-20-9-11-25-12-10-20/h3,5-8,13,16,19-20,25H,4,9-12,14-15,17H2,1-2H3,(H,26,29)/t19-/m0/s1. The molecule has 0 aromatic heterocycles. The summed E-state index contributed by atoms with van der Waals surface area (Å²) in [7, 11) is 0. The van der Waals surface area contributed by atoms with E-state index in [1.807, 2.05) is 31.2 Å². The zero-order chi connectivity index (χ0) is 20.6. The number of carbonyl (C=O) groups is 2. The van der Waals surface area contributed by atoms with Crippen LogP contribution in [0.4, 0.5) is 0 Å². The minimum atomic E-state index is -0.0533. The van der Waals surface area contributed by atoms with Crippen molar-refractivity contribution in [1.82, 2.24) is 15.5 Å². The molecule has 5 nitrogen and oxygen atoms in total. The number of Topliss-reactive ketones (excluding diaryl/α,β-unsaturated/α-hetero) is 1. The average molecular weight is 396 g/mol. The van der Waals surface area contributed by atoms with Crippen LogP contribution in [0.25, 0.3) is 0 Å². The van der Waals surface area contributed by atoms with E-state index in [-0.39, 0.29) is 24.2 Å². The van der Waals surface area contributed by atoms with Gasteiger partial charge in [-0.05, 0) is 57.2 Å². The largest absolute Gasteiger partial charge is 0.350 e. The van der Waals surface area contributed by atoms with Gasteiger partial charge in [-0.15, -0.1) is 0 Å². The average Bonchev–Trinajstić information content (AvgIpc) is 2.73. The Kier molecular flexibility index (Phi) is 7.64. The van der Waals surface area contributed by atoms with Crippen molar-refractivity contribution in [2.24, 2.45) is 11.8 Å². The molecule has 1 aromatic rings. The van der Waals surface area contributed by atoms with Crippen molar-refractivity contribution < 1.29 is 9.59 Å². The third-order valence-corrected chi connectivity index (χ3v) is 5.78. The minimum absolute atomic E-state index is 0.0208. The van der Waals surface area contributed by atoms with Crippen LogP contribution in [0, 0.1) is 11.8 Å². The zero-order valence-corrected chi connectivity index (χ0v) is 17.6. The Balaban J connectivity index is 1.44. The predicted octanol–water partition coefficient (Wildman–Crippen LogP) is 3.63. The SMILES string of the molecule is CC1=CN(Cc2ccc(C(=O)CNC(=O)[C@@H](C)CC3CCNCC3)cc2)C=CC1. The number of nitrogens with one attached hydrogen (secondary N) is 2. The van der Waals surface area contributed by atoms with E-state index in [2.05, 4.69) is 40.9 Å². The van der Waals surface area contributed by atoms with Gasteiger partial charge in [-0.2, -0.15) is 0 Å². The third-order valence-electron chi connectivity index (χ3n) is 5.78. The molecule has 1 aromatic carbocycles. The summed E-state index contributed by atoms with van der Waals surface area (Å²) >= 11 is 0. The molecule has 1 amide bonds. The fraction of sp³-hybridized carbons (Fsp3) is 0.500. The van der Waals surface area contributed by atoms with Crippen LogP contribution < -0.4 is 10.6 Å². The second kappa shape index (κ2) is 10.4. The molecule has 2 aliphatic rings. The Morgan fingerprint density at radius 2 is 1.93 bits per heavy atom. The summed E-state index contributed by atoms with van der Waals surface area (Å²) in [6.07, 6.45) is 10.6. The van der Waals surface area contributed by atoms with E-state index >= 15 is 0 Å². The number of piperidine rings is 1. The number of ketones is 1. The highest BCUT2D eigenvalue weighted by atomic mass is 16.2. The molecule has 1 saturated heterocycles. The number of hydrogen-bond donors (Lipinski definition) is 2. The van der Waals surface area contributed by atoms with Crippen molar-refractivity contribution in [2.75, 3.05) is 19.6 Å². The molecule has 0 unspecified atom stereocenters. The molecular weight excluding hydrogens is 362 g/mol. The summed E-state index contributed by atoms with van der Waals surface area (Å²) in [5.74, 6) is 0.483. The smallest absolute Gasteiger partial charge is 0.223 e. The van der Waals surface area contributed by atoms with E-state index in [9.17, 15) is 9.59 Å². The van der Waals surface area contributed by atoms with Gasteiger partial charge in [0.2, 0.25) is 5.91 Å². The van der Waals surface area contributed by atoms with Crippen LogP contribution >= 0.6 is 0 Å². The number of carbonyl (C=O) groups excluding carboxylic acids is 2. The first kappa shape index (κ1) is 21.3. The van der Waals surface area contributed by atoms with Gasteiger partial charge in [-0.1, -0.05) is 42.8 Å². The van der Waals surface area contributed by atoms with Crippen molar-refractivity contribution in [2.45, 2.75) is 46.1 Å².